The first kappa shape index (κ1) is 17.6. The summed E-state index contributed by atoms with van der Waals surface area (Å²) >= 11 is 0. The number of carbonyl (C=O) groups excluding carboxylic acids is 2. The van der Waals surface area contributed by atoms with Crippen molar-refractivity contribution in [2.75, 3.05) is 11.1 Å². The molecule has 0 spiro atoms. The molecule has 0 saturated heterocycles. The number of hydrogen-bond donors (Lipinski definition) is 1. The summed E-state index contributed by atoms with van der Waals surface area (Å²) in [5, 5.41) is 3.07. The van der Waals surface area contributed by atoms with Gasteiger partial charge in [-0.25, -0.2) is 4.21 Å². The molecule has 1 N–H and O–H groups in total. The maximum atomic E-state index is 13.4. The first-order chi connectivity index (χ1) is 13.5. The van der Waals surface area contributed by atoms with Crippen molar-refractivity contribution in [1.82, 2.24) is 0 Å². The van der Waals surface area contributed by atoms with Gasteiger partial charge in [0.25, 0.3) is 5.91 Å². The smallest absolute Gasteiger partial charge is 0.286 e. The average molecular weight is 394 g/mol. The number of fused-ring (bicyclic) bond motifs is 3. The Balaban J connectivity index is 1.48. The molecule has 0 bridgehead atoms. The maximum absolute atomic E-state index is 13.4. The van der Waals surface area contributed by atoms with E-state index in [0.717, 1.165) is 49.8 Å². The van der Waals surface area contributed by atoms with Crippen molar-refractivity contribution in [3.63, 3.8) is 0 Å². The summed E-state index contributed by atoms with van der Waals surface area (Å²) in [5.74, 6) is -1.09. The minimum atomic E-state index is -3.07. The van der Waals surface area contributed by atoms with Gasteiger partial charge in [0.1, 0.15) is 5.75 Å². The molecule has 5 nitrogen and oxygen atoms in total. The molecule has 2 aromatic rings. The van der Waals surface area contributed by atoms with Crippen LogP contribution in [0.2, 0.25) is 0 Å². The van der Waals surface area contributed by atoms with Crippen LogP contribution in [0, 0.1) is 6.92 Å². The van der Waals surface area contributed by atoms with E-state index in [1.807, 2.05) is 0 Å². The molecule has 0 radical (unpaired) electrons. The van der Waals surface area contributed by atoms with Crippen molar-refractivity contribution in [2.24, 2.45) is 4.36 Å². The average Bonchev–Trinajstić information content (AvgIpc) is 3.34. The van der Waals surface area contributed by atoms with Gasteiger partial charge in [-0.05, 0) is 79.3 Å². The highest BCUT2D eigenvalue weighted by Gasteiger charge is 2.33. The van der Waals surface area contributed by atoms with Gasteiger partial charge in [-0.3, -0.25) is 9.59 Å². The Morgan fingerprint density at radius 1 is 1.11 bits per heavy atom. The van der Waals surface area contributed by atoms with E-state index >= 15 is 0 Å². The fourth-order valence-corrected chi connectivity index (χ4v) is 6.80. The lowest BCUT2D eigenvalue weighted by Crippen LogP contribution is -2.23. The Bertz CT molecular complexity index is 1140. The van der Waals surface area contributed by atoms with Crippen LogP contribution in [-0.4, -0.2) is 21.8 Å². The van der Waals surface area contributed by atoms with E-state index in [4.69, 9.17) is 0 Å². The van der Waals surface area contributed by atoms with Crippen LogP contribution in [0.5, 0.6) is 0 Å². The highest BCUT2D eigenvalue weighted by atomic mass is 32.2. The van der Waals surface area contributed by atoms with Gasteiger partial charge in [0.05, 0.1) is 20.2 Å². The summed E-state index contributed by atoms with van der Waals surface area (Å²) in [4.78, 5) is 25.6. The van der Waals surface area contributed by atoms with E-state index < -0.39 is 15.6 Å². The van der Waals surface area contributed by atoms with Gasteiger partial charge in [0.15, 0.2) is 0 Å². The predicted molar refractivity (Wildman–Crippen MR) is 108 cm³/mol. The van der Waals surface area contributed by atoms with Crippen LogP contribution in [0.1, 0.15) is 51.0 Å². The molecular weight excluding hydrogens is 372 g/mol. The Hall–Kier alpha value is -2.47. The highest BCUT2D eigenvalue weighted by Crippen LogP contribution is 2.39. The molecule has 0 saturated carbocycles. The van der Waals surface area contributed by atoms with E-state index in [2.05, 4.69) is 15.7 Å². The topological polar surface area (TPSA) is 75.6 Å². The molecule has 1 heterocycles. The van der Waals surface area contributed by atoms with Gasteiger partial charge in [0, 0.05) is 5.69 Å². The second-order valence-electron chi connectivity index (χ2n) is 7.91. The fourth-order valence-electron chi connectivity index (χ4n) is 4.84. The van der Waals surface area contributed by atoms with Crippen LogP contribution in [-0.2, 0) is 40.2 Å². The third-order valence-corrected chi connectivity index (χ3v) is 8.23. The zero-order valence-corrected chi connectivity index (χ0v) is 16.7. The molecular formula is C22H22N2O3S. The third-order valence-electron chi connectivity index (χ3n) is 6.09. The van der Waals surface area contributed by atoms with Crippen molar-refractivity contribution >= 4 is 27.2 Å². The predicted octanol–water partition coefficient (Wildman–Crippen LogP) is 3.59. The zero-order valence-electron chi connectivity index (χ0n) is 15.8. The number of hydrogen-bond acceptors (Lipinski definition) is 3. The molecule has 144 valence electrons. The summed E-state index contributed by atoms with van der Waals surface area (Å²) in [7, 11) is -3.07. The molecule has 1 aliphatic heterocycles. The third kappa shape index (κ3) is 2.62. The minimum Gasteiger partial charge on any atom is -0.325 e. The van der Waals surface area contributed by atoms with Crippen molar-refractivity contribution in [1.29, 1.82) is 0 Å². The van der Waals surface area contributed by atoms with Crippen molar-refractivity contribution < 1.29 is 13.8 Å². The Labute approximate surface area is 164 Å². The molecule has 2 amide bonds. The number of nitrogens with one attached hydrogen (secondary N) is 1. The fraction of sp³-hybridized carbons (Fsp3) is 0.364. The quantitative estimate of drug-likeness (QED) is 0.864. The number of carbonyl (C=O) groups is 2. The van der Waals surface area contributed by atoms with E-state index in [-0.39, 0.29) is 11.7 Å². The molecule has 3 aliphatic rings. The van der Waals surface area contributed by atoms with Crippen LogP contribution < -0.4 is 5.32 Å². The highest BCUT2D eigenvalue weighted by molar-refractivity contribution is 7.95. The van der Waals surface area contributed by atoms with Gasteiger partial charge in [-0.2, -0.15) is 4.36 Å². The number of benzene rings is 2. The molecule has 5 rings (SSSR count). The molecule has 6 heteroatoms. The summed E-state index contributed by atoms with van der Waals surface area (Å²) < 4.78 is 17.3. The monoisotopic (exact) mass is 394 g/mol. The van der Waals surface area contributed by atoms with E-state index in [1.165, 1.54) is 22.3 Å². The van der Waals surface area contributed by atoms with Gasteiger partial charge >= 0.3 is 0 Å². The van der Waals surface area contributed by atoms with Crippen LogP contribution in [0.15, 0.2) is 33.5 Å². The SMILES string of the molecule is Cc1cccc2c1C(=O)N=S2(=O)CC(=O)Nc1c2c(cc3c1CCC3)CCC2. The standard InChI is InChI=1S/C22H22N2O3S/c1-13-5-2-10-18-20(13)22(26)24-28(18,27)12-19(25)23-21-16-8-3-6-14(16)11-15-7-4-9-17(15)21/h2,5,10-11H,3-4,6-9,12H2,1H3,(H,23,25). The number of nitrogens with zero attached hydrogens (tertiary/aromatic N) is 1. The molecule has 1 atom stereocenters. The lowest BCUT2D eigenvalue weighted by Gasteiger charge is -2.16. The Morgan fingerprint density at radius 3 is 2.46 bits per heavy atom. The van der Waals surface area contributed by atoms with Crippen molar-refractivity contribution in [3.8, 4) is 0 Å². The molecule has 2 aromatic carbocycles. The van der Waals surface area contributed by atoms with Crippen molar-refractivity contribution in [3.05, 3.63) is 57.6 Å². The van der Waals surface area contributed by atoms with Gasteiger partial charge in [-0.1, -0.05) is 18.2 Å². The van der Waals surface area contributed by atoms with E-state index in [1.54, 1.807) is 25.1 Å². The lowest BCUT2D eigenvalue weighted by molar-refractivity contribution is -0.113. The number of rotatable bonds is 3. The second-order valence-corrected chi connectivity index (χ2v) is 10.1. The molecule has 1 unspecified atom stereocenters. The largest absolute Gasteiger partial charge is 0.325 e. The zero-order chi connectivity index (χ0) is 19.5. The second kappa shape index (κ2) is 6.27. The summed E-state index contributed by atoms with van der Waals surface area (Å²) in [6.45, 7) is 1.80. The molecule has 28 heavy (non-hydrogen) atoms. The summed E-state index contributed by atoms with van der Waals surface area (Å²) in [6, 6.07) is 7.53. The van der Waals surface area contributed by atoms with E-state index in [0.29, 0.717) is 10.5 Å². The van der Waals surface area contributed by atoms with Gasteiger partial charge < -0.3 is 5.32 Å². The van der Waals surface area contributed by atoms with Crippen LogP contribution >= 0.6 is 0 Å². The Morgan fingerprint density at radius 2 is 1.79 bits per heavy atom. The number of aryl methyl sites for hydroxylation is 3. The van der Waals surface area contributed by atoms with Gasteiger partial charge in [0.2, 0.25) is 5.91 Å². The molecule has 0 aromatic heterocycles. The number of anilines is 1. The number of amides is 2. The first-order valence-corrected chi connectivity index (χ1v) is 11.5. The molecule has 0 fully saturated rings. The minimum absolute atomic E-state index is 0.284. The Kier molecular flexibility index (Phi) is 3.95. The molecule has 2 aliphatic carbocycles. The first-order valence-electron chi connectivity index (χ1n) is 9.81. The van der Waals surface area contributed by atoms with Crippen molar-refractivity contribution in [2.45, 2.75) is 50.3 Å². The normalized spacial score (nSPS) is 21.8. The van der Waals surface area contributed by atoms with Gasteiger partial charge in [-0.15, -0.1) is 0 Å². The summed E-state index contributed by atoms with van der Waals surface area (Å²) in [5.41, 5.74) is 7.21. The maximum Gasteiger partial charge on any atom is 0.286 e. The van der Waals surface area contributed by atoms with Crippen LogP contribution in [0.3, 0.4) is 0 Å². The summed E-state index contributed by atoms with van der Waals surface area (Å²) in [6.07, 6.45) is 6.26. The van der Waals surface area contributed by atoms with Crippen LogP contribution in [0.25, 0.3) is 0 Å². The van der Waals surface area contributed by atoms with Crippen LogP contribution in [0.4, 0.5) is 5.69 Å². The lowest BCUT2D eigenvalue weighted by atomic mass is 9.98. The van der Waals surface area contributed by atoms with E-state index in [9.17, 15) is 13.8 Å².